The van der Waals surface area contributed by atoms with Crippen molar-refractivity contribution in [2.75, 3.05) is 16.8 Å². The van der Waals surface area contributed by atoms with E-state index in [9.17, 15) is 14.4 Å². The molecule has 1 saturated heterocycles. The number of nitrogens with one attached hydrogen (secondary N) is 1. The van der Waals surface area contributed by atoms with Gasteiger partial charge in [-0.25, -0.2) is 4.90 Å². The molecule has 1 fully saturated rings. The summed E-state index contributed by atoms with van der Waals surface area (Å²) in [6, 6.07) is 10.4. The van der Waals surface area contributed by atoms with Gasteiger partial charge in [-0.1, -0.05) is 35.0 Å². The molecule has 2 aromatic carbocycles. The predicted octanol–water partition coefficient (Wildman–Crippen LogP) is 2.89. The van der Waals surface area contributed by atoms with Crippen molar-refractivity contribution in [1.82, 2.24) is 5.01 Å². The molecule has 0 unspecified atom stereocenters. The lowest BCUT2D eigenvalue weighted by molar-refractivity contribution is -0.123. The van der Waals surface area contributed by atoms with Crippen molar-refractivity contribution in [3.63, 3.8) is 0 Å². The van der Waals surface area contributed by atoms with Crippen LogP contribution in [0.5, 0.6) is 0 Å². The summed E-state index contributed by atoms with van der Waals surface area (Å²) >= 11 is 6.14. The summed E-state index contributed by atoms with van der Waals surface area (Å²) in [4.78, 5) is 39.2. The molecule has 0 spiro atoms. The van der Waals surface area contributed by atoms with E-state index in [4.69, 9.17) is 11.6 Å². The highest BCUT2D eigenvalue weighted by Gasteiger charge is 2.55. The molecular formula is C20H18ClN5O3. The first kappa shape index (κ1) is 19.1. The molecule has 2 heterocycles. The van der Waals surface area contributed by atoms with E-state index in [1.807, 2.05) is 32.0 Å². The van der Waals surface area contributed by atoms with Crippen LogP contribution in [0.4, 0.5) is 11.4 Å². The number of fused-ring (bicyclic) bond motifs is 1. The number of aryl methyl sites for hydroxylation is 2. The first-order valence-corrected chi connectivity index (χ1v) is 9.41. The molecule has 2 aliphatic rings. The lowest BCUT2D eigenvalue weighted by Crippen LogP contribution is -2.43. The first-order chi connectivity index (χ1) is 13.8. The minimum Gasteiger partial charge on any atom is -0.324 e. The first-order valence-electron chi connectivity index (χ1n) is 9.03. The van der Waals surface area contributed by atoms with Crippen molar-refractivity contribution in [3.8, 4) is 0 Å². The number of amides is 3. The smallest absolute Gasteiger partial charge is 0.263 e. The average molecular weight is 412 g/mol. The summed E-state index contributed by atoms with van der Waals surface area (Å²) in [5, 5.41) is 12.3. The number of benzene rings is 2. The van der Waals surface area contributed by atoms with Crippen LogP contribution in [0.1, 0.15) is 11.1 Å². The Bertz CT molecular complexity index is 1050. The van der Waals surface area contributed by atoms with Crippen LogP contribution >= 0.6 is 11.6 Å². The van der Waals surface area contributed by atoms with Crippen LogP contribution in [0.25, 0.3) is 0 Å². The fourth-order valence-corrected chi connectivity index (χ4v) is 3.57. The zero-order chi connectivity index (χ0) is 20.7. The van der Waals surface area contributed by atoms with E-state index in [0.29, 0.717) is 16.4 Å². The van der Waals surface area contributed by atoms with Gasteiger partial charge in [-0.15, -0.1) is 0 Å². The van der Waals surface area contributed by atoms with E-state index in [2.05, 4.69) is 15.7 Å². The van der Waals surface area contributed by atoms with Crippen LogP contribution in [0.3, 0.4) is 0 Å². The molecule has 29 heavy (non-hydrogen) atoms. The Morgan fingerprint density at radius 1 is 1.14 bits per heavy atom. The van der Waals surface area contributed by atoms with Crippen molar-refractivity contribution < 1.29 is 14.4 Å². The summed E-state index contributed by atoms with van der Waals surface area (Å²) in [7, 11) is 0. The van der Waals surface area contributed by atoms with E-state index in [0.717, 1.165) is 16.0 Å². The lowest BCUT2D eigenvalue weighted by Gasteiger charge is -2.20. The highest BCUT2D eigenvalue weighted by molar-refractivity contribution is 6.32. The molecule has 1 N–H and O–H groups in total. The van der Waals surface area contributed by atoms with E-state index in [-0.39, 0.29) is 12.5 Å². The number of anilines is 2. The quantitative estimate of drug-likeness (QED) is 0.782. The Morgan fingerprint density at radius 3 is 2.66 bits per heavy atom. The molecule has 2 atom stereocenters. The van der Waals surface area contributed by atoms with Gasteiger partial charge < -0.3 is 5.32 Å². The van der Waals surface area contributed by atoms with Gasteiger partial charge in [0.05, 0.1) is 5.69 Å². The van der Waals surface area contributed by atoms with Crippen molar-refractivity contribution in [1.29, 1.82) is 0 Å². The molecule has 0 aromatic heterocycles. The molecule has 2 aromatic rings. The normalized spacial score (nSPS) is 20.4. The number of carbonyl (C=O) groups is 3. The Kier molecular flexibility index (Phi) is 4.79. The molecule has 0 aliphatic carbocycles. The number of halogens is 1. The summed E-state index contributed by atoms with van der Waals surface area (Å²) < 4.78 is 0. The zero-order valence-electron chi connectivity index (χ0n) is 15.8. The van der Waals surface area contributed by atoms with Crippen LogP contribution in [-0.2, 0) is 14.4 Å². The molecule has 148 valence electrons. The van der Waals surface area contributed by atoms with Gasteiger partial charge in [-0.3, -0.25) is 19.4 Å². The van der Waals surface area contributed by atoms with Gasteiger partial charge in [0.15, 0.2) is 12.1 Å². The second-order valence-electron chi connectivity index (χ2n) is 7.06. The van der Waals surface area contributed by atoms with Gasteiger partial charge in [0, 0.05) is 10.7 Å². The second kappa shape index (κ2) is 7.29. The van der Waals surface area contributed by atoms with Crippen LogP contribution in [0.15, 0.2) is 52.8 Å². The van der Waals surface area contributed by atoms with Crippen molar-refractivity contribution in [2.24, 2.45) is 10.3 Å². The van der Waals surface area contributed by atoms with E-state index in [1.165, 1.54) is 5.01 Å². The Labute approximate surface area is 172 Å². The second-order valence-corrected chi connectivity index (χ2v) is 7.46. The maximum absolute atomic E-state index is 13.0. The molecular weight excluding hydrogens is 394 g/mol. The van der Waals surface area contributed by atoms with Crippen LogP contribution < -0.4 is 10.2 Å². The summed E-state index contributed by atoms with van der Waals surface area (Å²) in [6.07, 6.45) is 0. The van der Waals surface area contributed by atoms with Crippen LogP contribution in [0.2, 0.25) is 5.02 Å². The third kappa shape index (κ3) is 3.47. The minimum absolute atomic E-state index is 0.194. The molecule has 2 aliphatic heterocycles. The topological polar surface area (TPSA) is 94.4 Å². The lowest BCUT2D eigenvalue weighted by atomic mass is 10.1. The Balaban J connectivity index is 1.50. The standard InChI is InChI=1S/C20H18ClN5O3/c1-11-4-3-5-13(8-11)22-16(27)10-25-18-17(23-24-25)19(28)26(20(18)29)14-7-6-12(2)15(21)9-14/h3-9,17-18H,10H2,1-2H3,(H,22,27)/t17-,18+/m0/s1. The van der Waals surface area contributed by atoms with Gasteiger partial charge in [-0.2, -0.15) is 5.11 Å². The molecule has 0 saturated carbocycles. The molecule has 3 amide bonds. The summed E-state index contributed by atoms with van der Waals surface area (Å²) in [5.74, 6) is -1.31. The van der Waals surface area contributed by atoms with Crippen LogP contribution in [0, 0.1) is 13.8 Å². The number of rotatable bonds is 4. The van der Waals surface area contributed by atoms with Crippen LogP contribution in [-0.4, -0.2) is 41.4 Å². The third-order valence-electron chi connectivity index (χ3n) is 4.88. The summed E-state index contributed by atoms with van der Waals surface area (Å²) in [5.41, 5.74) is 2.87. The van der Waals surface area contributed by atoms with Gasteiger partial charge >= 0.3 is 0 Å². The van der Waals surface area contributed by atoms with Crippen molar-refractivity contribution in [2.45, 2.75) is 25.9 Å². The minimum atomic E-state index is -0.964. The highest BCUT2D eigenvalue weighted by Crippen LogP contribution is 2.33. The molecule has 9 heteroatoms. The Hall–Kier alpha value is -3.26. The number of nitrogens with zero attached hydrogens (tertiary/aromatic N) is 4. The van der Waals surface area contributed by atoms with Gasteiger partial charge in [-0.05, 0) is 49.2 Å². The van der Waals surface area contributed by atoms with E-state index < -0.39 is 23.9 Å². The van der Waals surface area contributed by atoms with Gasteiger partial charge in [0.25, 0.3) is 11.8 Å². The number of carbonyl (C=O) groups excluding carboxylic acids is 3. The monoisotopic (exact) mass is 411 g/mol. The van der Waals surface area contributed by atoms with Crippen molar-refractivity contribution >= 4 is 40.7 Å². The maximum atomic E-state index is 13.0. The highest BCUT2D eigenvalue weighted by atomic mass is 35.5. The fraction of sp³-hybridized carbons (Fsp3) is 0.250. The third-order valence-corrected chi connectivity index (χ3v) is 5.29. The molecule has 4 rings (SSSR count). The van der Waals surface area contributed by atoms with E-state index >= 15 is 0 Å². The largest absolute Gasteiger partial charge is 0.324 e. The molecule has 0 radical (unpaired) electrons. The maximum Gasteiger partial charge on any atom is 0.263 e. The molecule has 8 nitrogen and oxygen atoms in total. The number of hydrogen-bond donors (Lipinski definition) is 1. The van der Waals surface area contributed by atoms with Gasteiger partial charge in [0.2, 0.25) is 5.91 Å². The fourth-order valence-electron chi connectivity index (χ4n) is 3.40. The molecule has 0 bridgehead atoms. The number of imide groups is 1. The number of hydrogen-bond acceptors (Lipinski definition) is 6. The Morgan fingerprint density at radius 2 is 1.93 bits per heavy atom. The van der Waals surface area contributed by atoms with Crippen molar-refractivity contribution in [3.05, 3.63) is 58.6 Å². The predicted molar refractivity (Wildman–Crippen MR) is 108 cm³/mol. The van der Waals surface area contributed by atoms with E-state index in [1.54, 1.807) is 24.3 Å². The SMILES string of the molecule is Cc1cccc(NC(=O)CN2N=N[C@@H]3C(=O)N(c4ccc(C)c(Cl)c4)C(=O)[C@@H]32)c1. The zero-order valence-corrected chi connectivity index (χ0v) is 16.6. The average Bonchev–Trinajstić information content (AvgIpc) is 3.18. The van der Waals surface area contributed by atoms with Gasteiger partial charge in [0.1, 0.15) is 6.54 Å². The summed E-state index contributed by atoms with van der Waals surface area (Å²) in [6.45, 7) is 3.56.